The zero-order valence-electron chi connectivity index (χ0n) is 42.0. The molecule has 1 aromatic heterocycles. The van der Waals surface area contributed by atoms with Crippen LogP contribution in [0.4, 0.5) is 25.8 Å². The van der Waals surface area contributed by atoms with Crippen LogP contribution < -0.4 is 25.9 Å². The number of nitrogens with zero attached hydrogens (tertiary/aromatic N) is 4. The van der Waals surface area contributed by atoms with Crippen LogP contribution in [0.1, 0.15) is 104 Å². The van der Waals surface area contributed by atoms with Crippen LogP contribution >= 0.6 is 0 Å². The summed E-state index contributed by atoms with van der Waals surface area (Å²) in [4.78, 5) is 40.7. The summed E-state index contributed by atoms with van der Waals surface area (Å²) in [5.41, 5.74) is 13.7. The molecule has 0 aliphatic carbocycles. The molecule has 4 aromatic rings. The molecule has 1 saturated heterocycles. The van der Waals surface area contributed by atoms with Crippen molar-refractivity contribution in [3.8, 4) is 0 Å². The van der Waals surface area contributed by atoms with E-state index >= 15 is 8.78 Å². The molecule has 1 fully saturated rings. The van der Waals surface area contributed by atoms with E-state index in [1.807, 2.05) is 94.8 Å². The fourth-order valence-electron chi connectivity index (χ4n) is 9.21. The first-order valence-corrected chi connectivity index (χ1v) is 24.2. The number of amides is 2. The molecule has 3 heterocycles. The van der Waals surface area contributed by atoms with Crippen LogP contribution in [-0.4, -0.2) is 93.1 Å². The van der Waals surface area contributed by atoms with Gasteiger partial charge in [0.2, 0.25) is 6.41 Å². The van der Waals surface area contributed by atoms with Crippen LogP contribution in [0.25, 0.3) is 11.6 Å². The van der Waals surface area contributed by atoms with Gasteiger partial charge < -0.3 is 30.3 Å². The van der Waals surface area contributed by atoms with Gasteiger partial charge in [0, 0.05) is 112 Å². The number of nitrogens with one attached hydrogen (secondary N) is 4. The Labute approximate surface area is 408 Å². The molecular weight excluding hydrogens is 871 g/mol. The summed E-state index contributed by atoms with van der Waals surface area (Å²) in [5.74, 6) is -0.591. The van der Waals surface area contributed by atoms with Crippen molar-refractivity contribution in [3.05, 3.63) is 159 Å². The highest BCUT2D eigenvalue weighted by Crippen LogP contribution is 2.34. The van der Waals surface area contributed by atoms with Gasteiger partial charge in [-0.05, 0) is 168 Å². The number of halogens is 2. The average Bonchev–Trinajstić information content (AvgIpc) is 3.74. The van der Waals surface area contributed by atoms with Crippen molar-refractivity contribution in [2.24, 2.45) is 0 Å². The molecule has 0 spiro atoms. The van der Waals surface area contributed by atoms with Crippen LogP contribution in [0.15, 0.2) is 114 Å². The minimum absolute atomic E-state index is 0.0972. The molecule has 2 unspecified atom stereocenters. The minimum atomic E-state index is -0.378. The number of hydroxylamine groups is 1. The number of hydrogen-bond acceptors (Lipinski definition) is 8. The predicted octanol–water partition coefficient (Wildman–Crippen LogP) is 10.9. The number of carbonyl (C=O) groups excluding carboxylic acids is 2. The first-order chi connectivity index (χ1) is 33.1. The highest BCUT2D eigenvalue weighted by Gasteiger charge is 2.25. The van der Waals surface area contributed by atoms with Crippen molar-refractivity contribution in [1.82, 2.24) is 25.6 Å². The lowest BCUT2D eigenvalue weighted by Gasteiger charge is -2.34. The van der Waals surface area contributed by atoms with Gasteiger partial charge in [-0.1, -0.05) is 29.9 Å². The van der Waals surface area contributed by atoms with Gasteiger partial charge in [0.1, 0.15) is 11.6 Å². The predicted molar refractivity (Wildman–Crippen MR) is 279 cm³/mol. The molecule has 0 radical (unpaired) electrons. The van der Waals surface area contributed by atoms with Crippen LogP contribution in [0.5, 0.6) is 0 Å². The van der Waals surface area contributed by atoms with Gasteiger partial charge in [-0.15, -0.1) is 0 Å². The number of anilines is 3. The molecule has 368 valence electrons. The maximum Gasteiger partial charge on any atom is 0.258 e. The van der Waals surface area contributed by atoms with E-state index in [-0.39, 0.29) is 29.7 Å². The minimum Gasteiger partial charge on any atom is -0.383 e. The maximum absolute atomic E-state index is 16.0. The van der Waals surface area contributed by atoms with E-state index in [0.29, 0.717) is 42.1 Å². The lowest BCUT2D eigenvalue weighted by atomic mass is 9.89. The third kappa shape index (κ3) is 14.5. The fourth-order valence-corrected chi connectivity index (χ4v) is 9.21. The van der Waals surface area contributed by atoms with Gasteiger partial charge in [-0.2, -0.15) is 0 Å². The number of hydrogen-bond donors (Lipinski definition) is 4. The van der Waals surface area contributed by atoms with Crippen LogP contribution in [-0.2, 0) is 9.63 Å². The molecule has 13 heteroatoms. The summed E-state index contributed by atoms with van der Waals surface area (Å²) < 4.78 is 31.4. The number of carbonyl (C=O) groups is 2. The van der Waals surface area contributed by atoms with E-state index in [1.54, 1.807) is 18.0 Å². The second-order valence-electron chi connectivity index (χ2n) is 19.0. The van der Waals surface area contributed by atoms with Gasteiger partial charge >= 0.3 is 0 Å². The molecule has 3 aromatic carbocycles. The molecule has 2 atom stereocenters. The molecule has 69 heavy (non-hydrogen) atoms. The molecule has 0 bridgehead atoms. The molecule has 11 nitrogen and oxygen atoms in total. The van der Waals surface area contributed by atoms with Crippen molar-refractivity contribution in [2.75, 3.05) is 69.0 Å². The van der Waals surface area contributed by atoms with Crippen molar-refractivity contribution in [1.29, 1.82) is 0 Å². The summed E-state index contributed by atoms with van der Waals surface area (Å²) in [6.07, 6.45) is 18.8. The summed E-state index contributed by atoms with van der Waals surface area (Å²) in [6, 6.07) is 18.7. The number of aromatic amines is 1. The second-order valence-corrected chi connectivity index (χ2v) is 19.0. The van der Waals surface area contributed by atoms with Gasteiger partial charge in [-0.3, -0.25) is 19.3 Å². The normalized spacial score (nSPS) is 16.3. The maximum atomic E-state index is 16.0. The Morgan fingerprint density at radius 2 is 1.70 bits per heavy atom. The van der Waals surface area contributed by atoms with Gasteiger partial charge in [0.15, 0.2) is 0 Å². The number of piperidine rings is 1. The fraction of sp³-hybridized carbons (Fsp3) is 0.393. The monoisotopic (exact) mass is 943 g/mol. The highest BCUT2D eigenvalue weighted by atomic mass is 19.1. The SMILES string of the molecule is CC(/C=C(\C)CN1CC=C(c2c(C)cc(C(=O)N(C)c3ccc(C4CCN(c5ccc(NC(C)CCC(C)ONC=O)cc5F)CC4)cc3)cc2F)CC1)=C(\C=C/N(C)C)N/C=C\c1[nH]ccc1C. The molecule has 0 saturated carbocycles. The number of allylic oxidation sites excluding steroid dienone is 3. The first kappa shape index (κ1) is 51.9. The van der Waals surface area contributed by atoms with E-state index in [0.717, 1.165) is 91.3 Å². The zero-order valence-corrected chi connectivity index (χ0v) is 42.0. The first-order valence-electron chi connectivity index (χ1n) is 24.2. The van der Waals surface area contributed by atoms with Crippen molar-refractivity contribution < 1.29 is 23.2 Å². The number of benzene rings is 3. The molecular formula is C56H72F2N8O3. The molecule has 2 aliphatic heterocycles. The Hall–Kier alpha value is -6.44. The zero-order chi connectivity index (χ0) is 49.6. The summed E-state index contributed by atoms with van der Waals surface area (Å²) in [7, 11) is 5.73. The van der Waals surface area contributed by atoms with Crippen LogP contribution in [0.2, 0.25) is 0 Å². The second kappa shape index (κ2) is 24.7. The molecule has 2 amide bonds. The lowest BCUT2D eigenvalue weighted by molar-refractivity contribution is -0.124. The highest BCUT2D eigenvalue weighted by molar-refractivity contribution is 6.06. The lowest BCUT2D eigenvalue weighted by Crippen LogP contribution is -2.33. The molecule has 6 rings (SSSR count). The molecule has 4 N–H and O–H groups in total. The number of aryl methyl sites for hydroxylation is 2. The Morgan fingerprint density at radius 1 is 0.942 bits per heavy atom. The Kier molecular flexibility index (Phi) is 18.6. The number of rotatable bonds is 21. The summed E-state index contributed by atoms with van der Waals surface area (Å²) in [6.45, 7) is 15.9. The Morgan fingerprint density at radius 3 is 2.33 bits per heavy atom. The number of H-pyrrole nitrogens is 1. The van der Waals surface area contributed by atoms with Crippen LogP contribution in [0.3, 0.4) is 0 Å². The largest absolute Gasteiger partial charge is 0.383 e. The van der Waals surface area contributed by atoms with Gasteiger partial charge in [0.25, 0.3) is 5.91 Å². The Balaban J connectivity index is 1.00. The summed E-state index contributed by atoms with van der Waals surface area (Å²) in [5, 5.41) is 6.83. The van der Waals surface area contributed by atoms with E-state index in [1.165, 1.54) is 22.8 Å². The van der Waals surface area contributed by atoms with E-state index in [9.17, 15) is 9.59 Å². The third-order valence-corrected chi connectivity index (χ3v) is 13.1. The topological polar surface area (TPSA) is 108 Å². The quantitative estimate of drug-likeness (QED) is 0.0372. The van der Waals surface area contributed by atoms with Gasteiger partial charge in [-0.25, -0.2) is 14.3 Å². The van der Waals surface area contributed by atoms with Gasteiger partial charge in [0.05, 0.1) is 11.8 Å². The average molecular weight is 943 g/mol. The van der Waals surface area contributed by atoms with Crippen molar-refractivity contribution >= 4 is 41.0 Å². The van der Waals surface area contributed by atoms with E-state index in [2.05, 4.69) is 88.1 Å². The van der Waals surface area contributed by atoms with Crippen molar-refractivity contribution in [3.63, 3.8) is 0 Å². The summed E-state index contributed by atoms with van der Waals surface area (Å²) >= 11 is 0. The standard InChI is InChI=1S/C56H72F2N8O3/c1-38(32-40(3)53(24-27-63(7)8)60-26-19-52-39(2)18-25-59-52)36-65-28-20-46(21-29-65)55-41(4)33-47(34-51(55)58)56(68)64(9)49-15-12-44(13-16-49)45-22-30-66(31-23-45)54-17-14-48(35-50(54)57)62-42(5)10-11-43(6)69-61-37-67/h12-20,24-27,32-35,37,42-43,45,59-60,62H,10-11,21-23,28-31,36H2,1-9H3,(H,61,67)/b26-19-,27-24-,38-32+,53-40-. The van der Waals surface area contributed by atoms with E-state index < -0.39 is 0 Å². The van der Waals surface area contributed by atoms with Crippen molar-refractivity contribution in [2.45, 2.75) is 91.7 Å². The van der Waals surface area contributed by atoms with Crippen LogP contribution in [0, 0.1) is 25.5 Å². The molecule has 2 aliphatic rings. The van der Waals surface area contributed by atoms with E-state index in [4.69, 9.17) is 4.84 Å². The third-order valence-electron chi connectivity index (χ3n) is 13.1. The number of aromatic nitrogens is 1. The smallest absolute Gasteiger partial charge is 0.258 e. The Bertz CT molecular complexity index is 2510.